The number of carbonyl (C=O) groups excluding carboxylic acids is 2. The summed E-state index contributed by atoms with van der Waals surface area (Å²) in [5.74, 6) is -0.476. The van der Waals surface area contributed by atoms with Crippen molar-refractivity contribution in [3.63, 3.8) is 0 Å². The van der Waals surface area contributed by atoms with Crippen molar-refractivity contribution in [1.82, 2.24) is 9.21 Å². The van der Waals surface area contributed by atoms with Crippen molar-refractivity contribution < 1.29 is 27.2 Å². The third-order valence-corrected chi connectivity index (χ3v) is 6.86. The summed E-state index contributed by atoms with van der Waals surface area (Å²) in [6.07, 6.45) is 3.68. The Bertz CT molecular complexity index is 806. The Labute approximate surface area is 159 Å². The van der Waals surface area contributed by atoms with Crippen molar-refractivity contribution in [2.45, 2.75) is 44.4 Å². The quantitative estimate of drug-likeness (QED) is 0.619. The molecule has 0 atom stereocenters. The van der Waals surface area contributed by atoms with Crippen molar-refractivity contribution in [1.29, 1.82) is 0 Å². The van der Waals surface area contributed by atoms with Gasteiger partial charge in [-0.05, 0) is 45.4 Å². The number of ether oxygens (including phenoxy) is 1. The predicted molar refractivity (Wildman–Crippen MR) is 96.7 cm³/mol. The van der Waals surface area contributed by atoms with Gasteiger partial charge in [-0.2, -0.15) is 4.31 Å². The SMILES string of the molecule is CCOC(=O)CN(CC1CC1)C(=O)c1cc(S(=O)(=O)N2CCCC2)c(C)o1. The molecule has 1 amide bonds. The molecule has 27 heavy (non-hydrogen) atoms. The average molecular weight is 398 g/mol. The highest BCUT2D eigenvalue weighted by molar-refractivity contribution is 7.89. The fraction of sp³-hybridized carbons (Fsp3) is 0.667. The van der Waals surface area contributed by atoms with E-state index in [0.717, 1.165) is 25.7 Å². The summed E-state index contributed by atoms with van der Waals surface area (Å²) >= 11 is 0. The van der Waals surface area contributed by atoms with E-state index in [1.807, 2.05) is 0 Å². The fourth-order valence-electron chi connectivity index (χ4n) is 3.24. The summed E-state index contributed by atoms with van der Waals surface area (Å²) < 4.78 is 37.4. The van der Waals surface area contributed by atoms with Crippen LogP contribution in [0.5, 0.6) is 0 Å². The second-order valence-electron chi connectivity index (χ2n) is 7.08. The van der Waals surface area contributed by atoms with Gasteiger partial charge in [-0.25, -0.2) is 8.42 Å². The largest absolute Gasteiger partial charge is 0.465 e. The fourth-order valence-corrected chi connectivity index (χ4v) is 4.92. The zero-order valence-electron chi connectivity index (χ0n) is 15.8. The minimum Gasteiger partial charge on any atom is -0.465 e. The van der Waals surface area contributed by atoms with Gasteiger partial charge in [0.2, 0.25) is 10.0 Å². The van der Waals surface area contributed by atoms with Crippen LogP contribution in [0.25, 0.3) is 0 Å². The highest BCUT2D eigenvalue weighted by Crippen LogP contribution is 2.31. The lowest BCUT2D eigenvalue weighted by Gasteiger charge is -2.20. The molecule has 1 saturated heterocycles. The van der Waals surface area contributed by atoms with Gasteiger partial charge in [-0.1, -0.05) is 0 Å². The van der Waals surface area contributed by atoms with E-state index in [9.17, 15) is 18.0 Å². The van der Waals surface area contributed by atoms with E-state index < -0.39 is 21.9 Å². The predicted octanol–water partition coefficient (Wildman–Crippen LogP) is 1.79. The second-order valence-corrected chi connectivity index (χ2v) is 8.98. The van der Waals surface area contributed by atoms with E-state index >= 15 is 0 Å². The van der Waals surface area contributed by atoms with Crippen molar-refractivity contribution in [3.05, 3.63) is 17.6 Å². The summed E-state index contributed by atoms with van der Waals surface area (Å²) in [5.41, 5.74) is 0. The monoisotopic (exact) mass is 398 g/mol. The molecule has 1 aliphatic heterocycles. The van der Waals surface area contributed by atoms with Crippen LogP contribution in [0.3, 0.4) is 0 Å². The van der Waals surface area contributed by atoms with E-state index in [4.69, 9.17) is 9.15 Å². The van der Waals surface area contributed by atoms with Crippen LogP contribution in [-0.2, 0) is 19.6 Å². The number of amides is 1. The van der Waals surface area contributed by atoms with Crippen molar-refractivity contribution in [3.8, 4) is 0 Å². The molecular formula is C18H26N2O6S. The smallest absolute Gasteiger partial charge is 0.325 e. The molecule has 0 unspecified atom stereocenters. The first-order valence-corrected chi connectivity index (χ1v) is 10.8. The molecular weight excluding hydrogens is 372 g/mol. The summed E-state index contributed by atoms with van der Waals surface area (Å²) in [4.78, 5) is 26.1. The Hall–Kier alpha value is -1.87. The number of hydrogen-bond donors (Lipinski definition) is 0. The van der Waals surface area contributed by atoms with E-state index in [-0.39, 0.29) is 29.6 Å². The van der Waals surface area contributed by atoms with E-state index in [0.29, 0.717) is 25.6 Å². The zero-order valence-corrected chi connectivity index (χ0v) is 16.6. The molecule has 150 valence electrons. The molecule has 2 fully saturated rings. The molecule has 2 heterocycles. The topological polar surface area (TPSA) is 97.1 Å². The Balaban J connectivity index is 1.81. The lowest BCUT2D eigenvalue weighted by atomic mass is 10.3. The van der Waals surface area contributed by atoms with Gasteiger partial charge in [0.15, 0.2) is 5.76 Å². The van der Waals surface area contributed by atoms with E-state index in [1.54, 1.807) is 6.92 Å². The Morgan fingerprint density at radius 3 is 2.56 bits per heavy atom. The normalized spacial score (nSPS) is 17.9. The zero-order chi connectivity index (χ0) is 19.6. The number of esters is 1. The van der Waals surface area contributed by atoms with Crippen LogP contribution in [0.15, 0.2) is 15.4 Å². The number of aryl methyl sites for hydroxylation is 1. The minimum absolute atomic E-state index is 0.0234. The molecule has 1 aromatic rings. The highest BCUT2D eigenvalue weighted by atomic mass is 32.2. The molecule has 8 nitrogen and oxygen atoms in total. The Morgan fingerprint density at radius 1 is 1.30 bits per heavy atom. The first-order chi connectivity index (χ1) is 12.8. The van der Waals surface area contributed by atoms with Gasteiger partial charge in [-0.3, -0.25) is 9.59 Å². The standard InChI is InChI=1S/C18H26N2O6S/c1-3-25-17(21)12-19(11-14-6-7-14)18(22)15-10-16(13(2)26-15)27(23,24)20-8-4-5-9-20/h10,14H,3-9,11-12H2,1-2H3. The summed E-state index contributed by atoms with van der Waals surface area (Å²) in [5, 5.41) is 0. The maximum absolute atomic E-state index is 12.9. The first kappa shape index (κ1) is 19.9. The summed E-state index contributed by atoms with van der Waals surface area (Å²) in [7, 11) is -3.67. The van der Waals surface area contributed by atoms with Gasteiger partial charge in [-0.15, -0.1) is 0 Å². The molecule has 0 radical (unpaired) electrons. The van der Waals surface area contributed by atoms with Gasteiger partial charge in [0.05, 0.1) is 6.61 Å². The molecule has 9 heteroatoms. The Morgan fingerprint density at radius 2 is 1.96 bits per heavy atom. The lowest BCUT2D eigenvalue weighted by Crippen LogP contribution is -2.37. The Kier molecular flexibility index (Phi) is 5.90. The number of furan rings is 1. The molecule has 1 saturated carbocycles. The first-order valence-electron chi connectivity index (χ1n) is 9.38. The summed E-state index contributed by atoms with van der Waals surface area (Å²) in [6, 6.07) is 1.29. The number of nitrogens with zero attached hydrogens (tertiary/aromatic N) is 2. The van der Waals surface area contributed by atoms with Crippen LogP contribution in [0.4, 0.5) is 0 Å². The summed E-state index contributed by atoms with van der Waals surface area (Å²) in [6.45, 7) is 4.71. The van der Waals surface area contributed by atoms with Crippen molar-refractivity contribution in [2.75, 3.05) is 32.8 Å². The van der Waals surface area contributed by atoms with Gasteiger partial charge in [0.25, 0.3) is 5.91 Å². The second kappa shape index (κ2) is 8.02. The molecule has 0 N–H and O–H groups in total. The van der Waals surface area contributed by atoms with Crippen LogP contribution >= 0.6 is 0 Å². The van der Waals surface area contributed by atoms with Gasteiger partial charge in [0, 0.05) is 25.7 Å². The number of sulfonamides is 1. The molecule has 1 aromatic heterocycles. The number of hydrogen-bond acceptors (Lipinski definition) is 6. The van der Waals surface area contributed by atoms with Crippen LogP contribution < -0.4 is 0 Å². The van der Waals surface area contributed by atoms with Crippen LogP contribution in [0.2, 0.25) is 0 Å². The third-order valence-electron chi connectivity index (χ3n) is 4.85. The van der Waals surface area contributed by atoms with Crippen LogP contribution in [-0.4, -0.2) is 62.3 Å². The van der Waals surface area contributed by atoms with Crippen molar-refractivity contribution in [2.24, 2.45) is 5.92 Å². The highest BCUT2D eigenvalue weighted by Gasteiger charge is 2.34. The van der Waals surface area contributed by atoms with E-state index in [1.165, 1.54) is 22.2 Å². The maximum Gasteiger partial charge on any atom is 0.325 e. The molecule has 0 aromatic carbocycles. The van der Waals surface area contributed by atoms with Gasteiger partial charge in [0.1, 0.15) is 17.2 Å². The molecule has 2 aliphatic rings. The third kappa shape index (κ3) is 4.52. The van der Waals surface area contributed by atoms with Crippen molar-refractivity contribution >= 4 is 21.9 Å². The molecule has 0 bridgehead atoms. The van der Waals surface area contributed by atoms with E-state index in [2.05, 4.69) is 0 Å². The molecule has 1 aliphatic carbocycles. The maximum atomic E-state index is 12.9. The van der Waals surface area contributed by atoms with Gasteiger partial charge >= 0.3 is 5.97 Å². The lowest BCUT2D eigenvalue weighted by molar-refractivity contribution is -0.143. The van der Waals surface area contributed by atoms with Crippen LogP contribution in [0.1, 0.15) is 48.9 Å². The van der Waals surface area contributed by atoms with Gasteiger partial charge < -0.3 is 14.1 Å². The number of rotatable bonds is 8. The minimum atomic E-state index is -3.67. The van der Waals surface area contributed by atoms with Crippen LogP contribution in [0, 0.1) is 12.8 Å². The number of carbonyl (C=O) groups is 2. The molecule has 3 rings (SSSR count). The average Bonchev–Trinajstić information content (AvgIpc) is 3.10. The molecule has 0 spiro atoms.